The van der Waals surface area contributed by atoms with E-state index in [9.17, 15) is 20.3 Å². The molecule has 1 saturated heterocycles. The average Bonchev–Trinajstić information content (AvgIpc) is 2.70. The highest BCUT2D eigenvalue weighted by Crippen LogP contribution is 2.29. The number of hydrogen-bond acceptors (Lipinski definition) is 6. The summed E-state index contributed by atoms with van der Waals surface area (Å²) in [7, 11) is 0. The van der Waals surface area contributed by atoms with Gasteiger partial charge in [0.25, 0.3) is 5.69 Å². The molecule has 0 aromatic heterocycles. The SMILES string of the molecule is CCNc1cc(N2CC(O)C(O)C2)cc([N+](=O)[O-])c1. The zero-order chi connectivity index (χ0) is 14.0. The largest absolute Gasteiger partial charge is 0.389 e. The molecule has 1 aromatic carbocycles. The zero-order valence-corrected chi connectivity index (χ0v) is 10.6. The molecule has 2 unspecified atom stereocenters. The molecule has 0 amide bonds. The predicted octanol–water partition coefficient (Wildman–Crippen LogP) is 0.568. The number of hydrogen-bond donors (Lipinski definition) is 3. The van der Waals surface area contributed by atoms with E-state index in [0.717, 1.165) is 0 Å². The van der Waals surface area contributed by atoms with Crippen LogP contribution in [0.3, 0.4) is 0 Å². The van der Waals surface area contributed by atoms with Crippen LogP contribution in [0.4, 0.5) is 17.1 Å². The lowest BCUT2D eigenvalue weighted by molar-refractivity contribution is -0.384. The Labute approximate surface area is 110 Å². The highest BCUT2D eigenvalue weighted by atomic mass is 16.6. The molecule has 7 heteroatoms. The summed E-state index contributed by atoms with van der Waals surface area (Å²) in [5.74, 6) is 0. The second-order valence-electron chi connectivity index (χ2n) is 4.57. The van der Waals surface area contributed by atoms with E-state index in [2.05, 4.69) is 5.32 Å². The predicted molar refractivity (Wildman–Crippen MR) is 71.5 cm³/mol. The van der Waals surface area contributed by atoms with Gasteiger partial charge in [0.2, 0.25) is 0 Å². The molecule has 7 nitrogen and oxygen atoms in total. The first-order valence-electron chi connectivity index (χ1n) is 6.15. The van der Waals surface area contributed by atoms with Crippen molar-refractivity contribution in [3.05, 3.63) is 28.3 Å². The van der Waals surface area contributed by atoms with E-state index < -0.39 is 17.1 Å². The molecule has 1 aliphatic rings. The van der Waals surface area contributed by atoms with Crippen LogP contribution in [0.5, 0.6) is 0 Å². The Kier molecular flexibility index (Phi) is 3.87. The Morgan fingerprint density at radius 1 is 1.37 bits per heavy atom. The summed E-state index contributed by atoms with van der Waals surface area (Å²) < 4.78 is 0. The van der Waals surface area contributed by atoms with Crippen LogP contribution in [0, 0.1) is 10.1 Å². The topological polar surface area (TPSA) is 98.9 Å². The van der Waals surface area contributed by atoms with E-state index in [-0.39, 0.29) is 18.8 Å². The van der Waals surface area contributed by atoms with Crippen LogP contribution >= 0.6 is 0 Å². The van der Waals surface area contributed by atoms with Gasteiger partial charge in [-0.3, -0.25) is 10.1 Å². The standard InChI is InChI=1S/C12H17N3O4/c1-2-13-8-3-9(5-10(4-8)15(18)19)14-6-11(16)12(17)7-14/h3-5,11-13,16-17H,2,6-7H2,1H3. The average molecular weight is 267 g/mol. The van der Waals surface area contributed by atoms with E-state index in [1.807, 2.05) is 6.92 Å². The van der Waals surface area contributed by atoms with Crippen molar-refractivity contribution in [2.75, 3.05) is 29.9 Å². The molecule has 19 heavy (non-hydrogen) atoms. The van der Waals surface area contributed by atoms with E-state index in [4.69, 9.17) is 0 Å². The molecule has 0 radical (unpaired) electrons. The van der Waals surface area contributed by atoms with Crippen LogP contribution in [0.2, 0.25) is 0 Å². The molecule has 2 rings (SSSR count). The lowest BCUT2D eigenvalue weighted by Crippen LogP contribution is -2.22. The molecule has 2 atom stereocenters. The van der Waals surface area contributed by atoms with Gasteiger partial charge in [-0.25, -0.2) is 0 Å². The van der Waals surface area contributed by atoms with Crippen LogP contribution in [0.15, 0.2) is 18.2 Å². The van der Waals surface area contributed by atoms with Crippen molar-refractivity contribution in [3.63, 3.8) is 0 Å². The molecule has 0 aliphatic carbocycles. The Morgan fingerprint density at radius 2 is 2.00 bits per heavy atom. The Bertz CT molecular complexity index is 470. The Hall–Kier alpha value is -1.86. The third kappa shape index (κ3) is 2.94. The summed E-state index contributed by atoms with van der Waals surface area (Å²) >= 11 is 0. The summed E-state index contributed by atoms with van der Waals surface area (Å²) in [4.78, 5) is 12.2. The number of benzene rings is 1. The van der Waals surface area contributed by atoms with Crippen molar-refractivity contribution >= 4 is 17.1 Å². The summed E-state index contributed by atoms with van der Waals surface area (Å²) in [6.07, 6.45) is -1.64. The quantitative estimate of drug-likeness (QED) is 0.545. The van der Waals surface area contributed by atoms with Gasteiger partial charge in [0.05, 0.1) is 17.1 Å². The molecule has 104 valence electrons. The molecule has 1 aromatic rings. The lowest BCUT2D eigenvalue weighted by atomic mass is 10.2. The van der Waals surface area contributed by atoms with E-state index >= 15 is 0 Å². The fourth-order valence-electron chi connectivity index (χ4n) is 2.17. The zero-order valence-electron chi connectivity index (χ0n) is 10.6. The van der Waals surface area contributed by atoms with E-state index in [0.29, 0.717) is 17.9 Å². The molecule has 1 heterocycles. The fraction of sp³-hybridized carbons (Fsp3) is 0.500. The van der Waals surface area contributed by atoms with Gasteiger partial charge >= 0.3 is 0 Å². The van der Waals surface area contributed by atoms with E-state index in [1.165, 1.54) is 12.1 Å². The molecule has 3 N–H and O–H groups in total. The molecule has 0 bridgehead atoms. The van der Waals surface area contributed by atoms with Crippen molar-refractivity contribution < 1.29 is 15.1 Å². The summed E-state index contributed by atoms with van der Waals surface area (Å²) in [6.45, 7) is 3.11. The molecule has 0 saturated carbocycles. The Morgan fingerprint density at radius 3 is 2.53 bits per heavy atom. The number of rotatable bonds is 4. The normalized spacial score (nSPS) is 22.6. The summed E-state index contributed by atoms with van der Waals surface area (Å²) in [5, 5.41) is 33.0. The number of nitrogens with zero attached hydrogens (tertiary/aromatic N) is 2. The molecule has 0 spiro atoms. The number of nitro groups is 1. The Balaban J connectivity index is 2.31. The van der Waals surface area contributed by atoms with Crippen LogP contribution < -0.4 is 10.2 Å². The van der Waals surface area contributed by atoms with E-state index in [1.54, 1.807) is 11.0 Å². The van der Waals surface area contributed by atoms with Crippen molar-refractivity contribution in [2.24, 2.45) is 0 Å². The second kappa shape index (κ2) is 5.41. The number of nitrogens with one attached hydrogen (secondary N) is 1. The number of anilines is 2. The van der Waals surface area contributed by atoms with Crippen LogP contribution in [0.1, 0.15) is 6.92 Å². The molecule has 1 aliphatic heterocycles. The number of aliphatic hydroxyl groups is 2. The highest BCUT2D eigenvalue weighted by molar-refractivity contribution is 5.65. The maximum atomic E-state index is 10.9. The first-order valence-corrected chi connectivity index (χ1v) is 6.15. The molecular formula is C12H17N3O4. The van der Waals surface area contributed by atoms with Gasteiger partial charge in [-0.05, 0) is 13.0 Å². The van der Waals surface area contributed by atoms with Crippen molar-refractivity contribution in [1.29, 1.82) is 0 Å². The highest BCUT2D eigenvalue weighted by Gasteiger charge is 2.30. The van der Waals surface area contributed by atoms with Gasteiger partial charge in [0, 0.05) is 43.1 Å². The second-order valence-corrected chi connectivity index (χ2v) is 4.57. The smallest absolute Gasteiger partial charge is 0.273 e. The van der Waals surface area contributed by atoms with Crippen LogP contribution in [-0.4, -0.2) is 47.0 Å². The minimum absolute atomic E-state index is 0.00988. The number of aliphatic hydroxyl groups excluding tert-OH is 2. The monoisotopic (exact) mass is 267 g/mol. The summed E-state index contributed by atoms with van der Waals surface area (Å²) in [5.41, 5.74) is 1.27. The number of nitro benzene ring substituents is 1. The van der Waals surface area contributed by atoms with Crippen molar-refractivity contribution in [3.8, 4) is 0 Å². The third-order valence-corrected chi connectivity index (χ3v) is 3.12. The van der Waals surface area contributed by atoms with Gasteiger partial charge in [0.15, 0.2) is 0 Å². The first-order chi connectivity index (χ1) is 9.01. The van der Waals surface area contributed by atoms with Crippen LogP contribution in [0.25, 0.3) is 0 Å². The lowest BCUT2D eigenvalue weighted by Gasteiger charge is -2.18. The maximum absolute atomic E-state index is 10.9. The minimum atomic E-state index is -0.818. The number of β-amino-alcohol motifs (C(OH)–C–C–N with tert-alkyl or cyclic N) is 2. The fourth-order valence-corrected chi connectivity index (χ4v) is 2.17. The van der Waals surface area contributed by atoms with Crippen molar-refractivity contribution in [1.82, 2.24) is 0 Å². The van der Waals surface area contributed by atoms with Crippen LogP contribution in [-0.2, 0) is 0 Å². The molecular weight excluding hydrogens is 250 g/mol. The minimum Gasteiger partial charge on any atom is -0.389 e. The first kappa shape index (κ1) is 13.6. The van der Waals surface area contributed by atoms with Gasteiger partial charge in [0.1, 0.15) is 0 Å². The van der Waals surface area contributed by atoms with Crippen molar-refractivity contribution in [2.45, 2.75) is 19.1 Å². The number of non-ortho nitro benzene ring substituents is 1. The maximum Gasteiger partial charge on any atom is 0.273 e. The van der Waals surface area contributed by atoms with Gasteiger partial charge < -0.3 is 20.4 Å². The van der Waals surface area contributed by atoms with Gasteiger partial charge in [-0.1, -0.05) is 0 Å². The third-order valence-electron chi connectivity index (χ3n) is 3.12. The van der Waals surface area contributed by atoms with Gasteiger partial charge in [-0.2, -0.15) is 0 Å². The molecule has 1 fully saturated rings. The van der Waals surface area contributed by atoms with Gasteiger partial charge in [-0.15, -0.1) is 0 Å². The summed E-state index contributed by atoms with van der Waals surface area (Å²) in [6, 6.07) is 4.70.